The molecule has 0 saturated heterocycles. The van der Waals surface area contributed by atoms with Crippen LogP contribution in [0.5, 0.6) is 0 Å². The first-order chi connectivity index (χ1) is 13.7. The molecular formula is C23H44BrNO4. The third-order valence-corrected chi connectivity index (χ3v) is 5.52. The Kier molecular flexibility index (Phi) is 17.8. The Labute approximate surface area is 187 Å². The van der Waals surface area contributed by atoms with Crippen molar-refractivity contribution in [3.8, 4) is 0 Å². The predicted molar refractivity (Wildman–Crippen MR) is 121 cm³/mol. The molecule has 0 rings (SSSR count). The zero-order valence-corrected chi connectivity index (χ0v) is 20.6. The van der Waals surface area contributed by atoms with Crippen LogP contribution in [-0.2, 0) is 14.3 Å². The molecule has 5 nitrogen and oxygen atoms in total. The number of unbranched alkanes of at least 4 members (excludes halogenated alkanes) is 12. The van der Waals surface area contributed by atoms with Crippen LogP contribution >= 0.6 is 15.9 Å². The first kappa shape index (κ1) is 28.4. The highest BCUT2D eigenvalue weighted by Crippen LogP contribution is 2.14. The van der Waals surface area contributed by atoms with Crippen molar-refractivity contribution < 1.29 is 23.9 Å². The van der Waals surface area contributed by atoms with Crippen molar-refractivity contribution in [3.63, 3.8) is 0 Å². The summed E-state index contributed by atoms with van der Waals surface area (Å²) in [5.41, 5.74) is 0. The van der Waals surface area contributed by atoms with Gasteiger partial charge in [0.15, 0.2) is 6.10 Å². The van der Waals surface area contributed by atoms with Crippen molar-refractivity contribution in [1.82, 2.24) is 0 Å². The number of ether oxygens (including phenoxy) is 1. The highest BCUT2D eigenvalue weighted by Gasteiger charge is 2.22. The molecule has 0 aromatic rings. The first-order valence-corrected chi connectivity index (χ1v) is 12.6. The number of hydrogen-bond donors (Lipinski definition) is 0. The van der Waals surface area contributed by atoms with Crippen LogP contribution in [0.25, 0.3) is 0 Å². The van der Waals surface area contributed by atoms with Gasteiger partial charge in [-0.05, 0) is 12.8 Å². The average Bonchev–Trinajstić information content (AvgIpc) is 2.60. The summed E-state index contributed by atoms with van der Waals surface area (Å²) in [6, 6.07) is 0. The molecule has 29 heavy (non-hydrogen) atoms. The number of alkyl halides is 1. The van der Waals surface area contributed by atoms with E-state index in [0.717, 1.165) is 24.6 Å². The van der Waals surface area contributed by atoms with Gasteiger partial charge in [-0.1, -0.05) is 86.6 Å². The van der Waals surface area contributed by atoms with E-state index >= 15 is 0 Å². The lowest BCUT2D eigenvalue weighted by Crippen LogP contribution is -2.45. The summed E-state index contributed by atoms with van der Waals surface area (Å²) in [4.78, 5) is 22.9. The van der Waals surface area contributed by atoms with E-state index in [1.807, 2.05) is 21.1 Å². The molecule has 6 heteroatoms. The number of carboxylic acids is 1. The molecule has 0 spiro atoms. The maximum atomic E-state index is 12.0. The number of likely N-dealkylation sites (N-methyl/N-ethyl adjacent to an activating group) is 1. The van der Waals surface area contributed by atoms with Crippen LogP contribution in [0.3, 0.4) is 0 Å². The average molecular weight is 479 g/mol. The number of nitrogens with zero attached hydrogens (tertiary/aromatic N) is 1. The summed E-state index contributed by atoms with van der Waals surface area (Å²) in [5, 5.41) is 12.0. The van der Waals surface area contributed by atoms with Gasteiger partial charge in [0.2, 0.25) is 0 Å². The molecule has 0 aromatic carbocycles. The van der Waals surface area contributed by atoms with Crippen LogP contribution in [0.4, 0.5) is 0 Å². The Morgan fingerprint density at radius 2 is 1.21 bits per heavy atom. The number of hydrogen-bond acceptors (Lipinski definition) is 4. The summed E-state index contributed by atoms with van der Waals surface area (Å²) in [6.45, 7) is 0.469. The minimum atomic E-state index is -1.18. The number of aliphatic carboxylic acids is 1. The normalized spacial score (nSPS) is 12.7. The van der Waals surface area contributed by atoms with Gasteiger partial charge in [-0.15, -0.1) is 0 Å². The molecule has 0 saturated carbocycles. The summed E-state index contributed by atoms with van der Waals surface area (Å²) < 4.78 is 5.92. The van der Waals surface area contributed by atoms with E-state index in [1.54, 1.807) is 0 Å². The number of carboxylic acid groups (broad SMARTS) is 1. The van der Waals surface area contributed by atoms with Crippen molar-refractivity contribution in [2.45, 2.75) is 102 Å². The van der Waals surface area contributed by atoms with Crippen molar-refractivity contribution in [2.75, 3.05) is 33.0 Å². The molecule has 0 amide bonds. The fraction of sp³-hybridized carbons (Fsp3) is 0.913. The first-order valence-electron chi connectivity index (χ1n) is 11.5. The van der Waals surface area contributed by atoms with Gasteiger partial charge < -0.3 is 19.1 Å². The lowest BCUT2D eigenvalue weighted by atomic mass is 10.0. The molecule has 0 heterocycles. The van der Waals surface area contributed by atoms with E-state index in [-0.39, 0.29) is 12.4 Å². The third kappa shape index (κ3) is 21.9. The summed E-state index contributed by atoms with van der Waals surface area (Å²) in [7, 11) is 5.84. The van der Waals surface area contributed by atoms with Crippen molar-refractivity contribution in [1.29, 1.82) is 0 Å². The van der Waals surface area contributed by atoms with Gasteiger partial charge in [-0.2, -0.15) is 0 Å². The molecule has 0 bridgehead atoms. The summed E-state index contributed by atoms with van der Waals surface area (Å²) in [5.74, 6) is -1.47. The highest BCUT2D eigenvalue weighted by molar-refractivity contribution is 9.09. The highest BCUT2D eigenvalue weighted by atomic mass is 79.9. The topological polar surface area (TPSA) is 66.4 Å². The molecule has 0 aromatic heterocycles. The van der Waals surface area contributed by atoms with Gasteiger partial charge >= 0.3 is 5.97 Å². The Hall–Kier alpha value is -0.620. The van der Waals surface area contributed by atoms with Gasteiger partial charge in [0.25, 0.3) is 0 Å². The molecule has 0 aliphatic heterocycles. The van der Waals surface area contributed by atoms with Crippen LogP contribution in [0, 0.1) is 0 Å². The third-order valence-electron chi connectivity index (χ3n) is 4.96. The fourth-order valence-electron chi connectivity index (χ4n) is 3.49. The second-order valence-electron chi connectivity index (χ2n) is 9.20. The van der Waals surface area contributed by atoms with Crippen LogP contribution in [0.15, 0.2) is 0 Å². The molecule has 0 radical (unpaired) electrons. The van der Waals surface area contributed by atoms with E-state index in [2.05, 4.69) is 15.9 Å². The number of esters is 1. The Balaban J connectivity index is 3.59. The van der Waals surface area contributed by atoms with Crippen molar-refractivity contribution >= 4 is 27.9 Å². The molecule has 172 valence electrons. The predicted octanol–water partition coefficient (Wildman–Crippen LogP) is 4.60. The molecule has 0 N–H and O–H groups in total. The maximum Gasteiger partial charge on any atom is 0.306 e. The molecule has 0 aliphatic rings. The number of quaternary nitrogens is 1. The van der Waals surface area contributed by atoms with E-state index < -0.39 is 12.1 Å². The summed E-state index contributed by atoms with van der Waals surface area (Å²) in [6.07, 6.45) is 15.8. The largest absolute Gasteiger partial charge is 0.550 e. The number of carbonyl (C=O) groups excluding carboxylic acids is 2. The second-order valence-corrected chi connectivity index (χ2v) is 9.99. The van der Waals surface area contributed by atoms with Crippen LogP contribution in [0.1, 0.15) is 96.3 Å². The number of halogens is 1. The van der Waals surface area contributed by atoms with E-state index in [1.165, 1.54) is 64.2 Å². The van der Waals surface area contributed by atoms with Crippen LogP contribution < -0.4 is 5.11 Å². The minimum absolute atomic E-state index is 0.238. The Bertz CT molecular complexity index is 424. The zero-order chi connectivity index (χ0) is 22.0. The van der Waals surface area contributed by atoms with Crippen LogP contribution in [-0.4, -0.2) is 55.5 Å². The SMILES string of the molecule is C[N+](C)(C)CC(CC(=O)[O-])OC(=O)CCCCCCCCCCCCCCCBr. The smallest absolute Gasteiger partial charge is 0.306 e. The zero-order valence-electron chi connectivity index (χ0n) is 19.1. The van der Waals surface area contributed by atoms with Gasteiger partial charge in [-0.25, -0.2) is 0 Å². The van der Waals surface area contributed by atoms with Gasteiger partial charge in [-0.3, -0.25) is 4.79 Å². The number of rotatable bonds is 20. The fourth-order valence-corrected chi connectivity index (χ4v) is 3.89. The van der Waals surface area contributed by atoms with E-state index in [0.29, 0.717) is 17.4 Å². The van der Waals surface area contributed by atoms with Gasteiger partial charge in [0.05, 0.1) is 21.1 Å². The molecule has 0 aliphatic carbocycles. The lowest BCUT2D eigenvalue weighted by molar-refractivity contribution is -0.873. The molecule has 1 unspecified atom stereocenters. The van der Waals surface area contributed by atoms with Crippen molar-refractivity contribution in [3.05, 3.63) is 0 Å². The summed E-state index contributed by atoms with van der Waals surface area (Å²) >= 11 is 3.47. The quantitative estimate of drug-likeness (QED) is 0.111. The van der Waals surface area contributed by atoms with E-state index in [4.69, 9.17) is 4.74 Å². The molecule has 0 fully saturated rings. The van der Waals surface area contributed by atoms with Crippen LogP contribution in [0.2, 0.25) is 0 Å². The van der Waals surface area contributed by atoms with Gasteiger partial charge in [0.1, 0.15) is 6.54 Å². The number of carbonyl (C=O) groups is 2. The lowest BCUT2D eigenvalue weighted by Gasteiger charge is -2.29. The molecular weight excluding hydrogens is 434 g/mol. The van der Waals surface area contributed by atoms with Crippen molar-refractivity contribution in [2.24, 2.45) is 0 Å². The molecule has 1 atom stereocenters. The standard InChI is InChI=1S/C23H44BrNO4/c1-25(2,3)20-21(19-22(26)27)29-23(28)17-15-13-11-9-7-5-4-6-8-10-12-14-16-18-24/h21H,4-20H2,1-3H3. The van der Waals surface area contributed by atoms with Gasteiger partial charge in [0, 0.05) is 24.1 Å². The maximum absolute atomic E-state index is 12.0. The monoisotopic (exact) mass is 477 g/mol. The Morgan fingerprint density at radius 1 is 0.793 bits per heavy atom. The second kappa shape index (κ2) is 18.2. The van der Waals surface area contributed by atoms with E-state index in [9.17, 15) is 14.7 Å². The Morgan fingerprint density at radius 3 is 1.59 bits per heavy atom. The minimum Gasteiger partial charge on any atom is -0.550 e.